The maximum absolute atomic E-state index is 4.92. The average molecular weight is 411 g/mol. The van der Waals surface area contributed by atoms with E-state index in [9.17, 15) is 0 Å². The summed E-state index contributed by atoms with van der Waals surface area (Å²) in [6.07, 6.45) is 1.79. The van der Waals surface area contributed by atoms with Crippen molar-refractivity contribution in [2.24, 2.45) is 0 Å². The number of rotatable bonds is 3. The normalized spacial score (nSPS) is 11.1. The molecule has 0 aliphatic rings. The molecule has 0 bridgehead atoms. The molecular weight excluding hydrogens is 394 g/mol. The average Bonchev–Trinajstić information content (AvgIpc) is 2.89. The van der Waals surface area contributed by atoms with Gasteiger partial charge in [0.15, 0.2) is 0 Å². The third-order valence-corrected chi connectivity index (χ3v) is 5.44. The van der Waals surface area contributed by atoms with E-state index >= 15 is 0 Å². The van der Waals surface area contributed by atoms with Gasteiger partial charge < -0.3 is 0 Å². The summed E-state index contributed by atoms with van der Waals surface area (Å²) < 4.78 is 0. The van der Waals surface area contributed by atoms with Crippen LogP contribution >= 0.6 is 0 Å². The zero-order chi connectivity index (χ0) is 21.3. The molecule has 0 fully saturated rings. The lowest BCUT2D eigenvalue weighted by Crippen LogP contribution is -2.01. The van der Waals surface area contributed by atoms with Gasteiger partial charge in [-0.2, -0.15) is 0 Å². The van der Waals surface area contributed by atoms with Gasteiger partial charge in [0.1, 0.15) is 17.1 Å². The fourth-order valence-electron chi connectivity index (χ4n) is 3.87. The van der Waals surface area contributed by atoms with Gasteiger partial charge >= 0.3 is 0 Å². The second kappa shape index (κ2) is 7.63. The van der Waals surface area contributed by atoms with Gasteiger partial charge in [-0.05, 0) is 12.1 Å². The molecule has 0 unspecified atom stereocenters. The van der Waals surface area contributed by atoms with Gasteiger partial charge in [-0.15, -0.1) is 10.2 Å². The zero-order valence-corrected chi connectivity index (χ0v) is 17.1. The maximum Gasteiger partial charge on any atom is 0.201 e. The van der Waals surface area contributed by atoms with Crippen molar-refractivity contribution in [2.45, 2.75) is 0 Å². The van der Waals surface area contributed by atoms with Gasteiger partial charge in [0, 0.05) is 28.1 Å². The highest BCUT2D eigenvalue weighted by molar-refractivity contribution is 6.03. The monoisotopic (exact) mass is 411 g/mol. The number of pyridine rings is 2. The molecule has 32 heavy (non-hydrogen) atoms. The van der Waals surface area contributed by atoms with Crippen molar-refractivity contribution in [3.05, 3.63) is 103 Å². The van der Waals surface area contributed by atoms with E-state index in [1.165, 1.54) is 0 Å². The largest absolute Gasteiger partial charge is 0.254 e. The van der Waals surface area contributed by atoms with Gasteiger partial charge in [0.2, 0.25) is 5.82 Å². The SMILES string of the molecule is c1ccc(-c2nnc(-c3ccc4ccc5cccnc5c4n3)nc2-c2ccccc2)cc1. The maximum atomic E-state index is 4.92. The van der Waals surface area contributed by atoms with Crippen LogP contribution in [-0.4, -0.2) is 25.1 Å². The van der Waals surface area contributed by atoms with E-state index in [2.05, 4.69) is 27.3 Å². The molecule has 150 valence electrons. The number of benzene rings is 3. The van der Waals surface area contributed by atoms with Crippen LogP contribution in [0.5, 0.6) is 0 Å². The number of fused-ring (bicyclic) bond motifs is 3. The second-order valence-corrected chi connectivity index (χ2v) is 7.47. The van der Waals surface area contributed by atoms with E-state index in [-0.39, 0.29) is 0 Å². The Morgan fingerprint density at radius 1 is 0.469 bits per heavy atom. The molecule has 3 aromatic carbocycles. The molecule has 0 saturated carbocycles. The summed E-state index contributed by atoms with van der Waals surface area (Å²) in [5, 5.41) is 11.1. The molecule has 0 radical (unpaired) electrons. The molecule has 0 aliphatic carbocycles. The summed E-state index contributed by atoms with van der Waals surface area (Å²) in [6.45, 7) is 0. The van der Waals surface area contributed by atoms with Crippen molar-refractivity contribution < 1.29 is 0 Å². The lowest BCUT2D eigenvalue weighted by molar-refractivity contribution is 0.984. The predicted octanol–water partition coefficient (Wildman–Crippen LogP) is 5.97. The van der Waals surface area contributed by atoms with Crippen LogP contribution in [-0.2, 0) is 0 Å². The summed E-state index contributed by atoms with van der Waals surface area (Å²) in [6, 6.07) is 32.1. The lowest BCUT2D eigenvalue weighted by Gasteiger charge is -2.10. The summed E-state index contributed by atoms with van der Waals surface area (Å²) in [4.78, 5) is 14.3. The minimum absolute atomic E-state index is 0.485. The lowest BCUT2D eigenvalue weighted by atomic mass is 10.0. The summed E-state index contributed by atoms with van der Waals surface area (Å²) in [5.41, 5.74) is 5.84. The molecule has 0 atom stereocenters. The molecule has 0 aliphatic heterocycles. The van der Waals surface area contributed by atoms with E-state index in [0.29, 0.717) is 11.5 Å². The smallest absolute Gasteiger partial charge is 0.201 e. The first kappa shape index (κ1) is 18.3. The van der Waals surface area contributed by atoms with E-state index in [1.807, 2.05) is 84.9 Å². The Kier molecular flexibility index (Phi) is 4.36. The molecule has 3 aromatic heterocycles. The standard InChI is InChI=1S/C27H17N5/c1-3-8-18(9-4-1)25-26(19-10-5-2-6-11-19)31-32-27(30-25)22-16-15-21-14-13-20-12-7-17-28-23(20)24(21)29-22/h1-17H. The Morgan fingerprint density at radius 3 is 1.88 bits per heavy atom. The Morgan fingerprint density at radius 2 is 1.12 bits per heavy atom. The summed E-state index contributed by atoms with van der Waals surface area (Å²) in [7, 11) is 0. The minimum Gasteiger partial charge on any atom is -0.254 e. The molecular formula is C27H17N5. The van der Waals surface area contributed by atoms with Crippen LogP contribution in [0.4, 0.5) is 0 Å². The highest BCUT2D eigenvalue weighted by Gasteiger charge is 2.15. The fraction of sp³-hybridized carbons (Fsp3) is 0. The van der Waals surface area contributed by atoms with Crippen molar-refractivity contribution in [3.8, 4) is 34.0 Å². The molecule has 6 rings (SSSR count). The zero-order valence-electron chi connectivity index (χ0n) is 17.1. The number of nitrogens with zero attached hydrogens (tertiary/aromatic N) is 5. The number of hydrogen-bond donors (Lipinski definition) is 0. The van der Waals surface area contributed by atoms with E-state index in [4.69, 9.17) is 9.97 Å². The number of hydrogen-bond acceptors (Lipinski definition) is 5. The third kappa shape index (κ3) is 3.17. The van der Waals surface area contributed by atoms with Crippen molar-refractivity contribution in [1.29, 1.82) is 0 Å². The molecule has 5 nitrogen and oxygen atoms in total. The minimum atomic E-state index is 0.485. The molecule has 0 saturated heterocycles. The summed E-state index contributed by atoms with van der Waals surface area (Å²) >= 11 is 0. The van der Waals surface area contributed by atoms with Gasteiger partial charge in [0.05, 0.1) is 11.0 Å². The van der Waals surface area contributed by atoms with Crippen LogP contribution in [0.15, 0.2) is 103 Å². The number of aromatic nitrogens is 5. The van der Waals surface area contributed by atoms with Crippen LogP contribution in [0.2, 0.25) is 0 Å². The molecule has 0 amide bonds. The Labute approximate surface area is 184 Å². The highest BCUT2D eigenvalue weighted by atomic mass is 15.2. The van der Waals surface area contributed by atoms with Gasteiger partial charge in [-0.25, -0.2) is 9.97 Å². The van der Waals surface area contributed by atoms with Crippen LogP contribution in [0.1, 0.15) is 0 Å². The first-order valence-corrected chi connectivity index (χ1v) is 10.4. The van der Waals surface area contributed by atoms with Crippen LogP contribution in [0.3, 0.4) is 0 Å². The van der Waals surface area contributed by atoms with Crippen molar-refractivity contribution in [3.63, 3.8) is 0 Å². The first-order chi connectivity index (χ1) is 15.9. The Bertz CT molecular complexity index is 1560. The van der Waals surface area contributed by atoms with Crippen LogP contribution in [0.25, 0.3) is 55.8 Å². The highest BCUT2D eigenvalue weighted by Crippen LogP contribution is 2.30. The van der Waals surface area contributed by atoms with Crippen molar-refractivity contribution in [1.82, 2.24) is 25.1 Å². The van der Waals surface area contributed by atoms with Gasteiger partial charge in [-0.3, -0.25) is 4.98 Å². The molecule has 3 heterocycles. The van der Waals surface area contributed by atoms with Crippen molar-refractivity contribution >= 4 is 21.8 Å². The van der Waals surface area contributed by atoms with Crippen molar-refractivity contribution in [2.75, 3.05) is 0 Å². The van der Waals surface area contributed by atoms with Crippen LogP contribution < -0.4 is 0 Å². The van der Waals surface area contributed by atoms with Gasteiger partial charge in [-0.1, -0.05) is 84.9 Å². The van der Waals surface area contributed by atoms with E-state index < -0.39 is 0 Å². The summed E-state index contributed by atoms with van der Waals surface area (Å²) in [5.74, 6) is 0.485. The third-order valence-electron chi connectivity index (χ3n) is 5.44. The van der Waals surface area contributed by atoms with E-state index in [0.717, 1.165) is 44.3 Å². The molecule has 5 heteroatoms. The molecule has 0 N–H and O–H groups in total. The molecule has 0 spiro atoms. The molecule has 6 aromatic rings. The fourth-order valence-corrected chi connectivity index (χ4v) is 3.87. The Balaban J connectivity index is 1.56. The topological polar surface area (TPSA) is 64.5 Å². The van der Waals surface area contributed by atoms with E-state index in [1.54, 1.807) is 6.20 Å². The van der Waals surface area contributed by atoms with Gasteiger partial charge in [0.25, 0.3) is 0 Å². The first-order valence-electron chi connectivity index (χ1n) is 10.4. The second-order valence-electron chi connectivity index (χ2n) is 7.47. The predicted molar refractivity (Wildman–Crippen MR) is 127 cm³/mol. The Hall–Kier alpha value is -4.51. The van der Waals surface area contributed by atoms with Crippen LogP contribution in [0, 0.1) is 0 Å². The quantitative estimate of drug-likeness (QED) is 0.336.